The first-order valence-electron chi connectivity index (χ1n) is 6.68. The molecule has 22 heavy (non-hydrogen) atoms. The predicted molar refractivity (Wildman–Crippen MR) is 77.9 cm³/mol. The molecule has 2 unspecified atom stereocenters. The van der Waals surface area contributed by atoms with Gasteiger partial charge in [0.05, 0.1) is 11.9 Å². The summed E-state index contributed by atoms with van der Waals surface area (Å²) in [7, 11) is 0. The summed E-state index contributed by atoms with van der Waals surface area (Å²) >= 11 is 1.03. The number of rotatable bonds is 9. The number of aliphatic hydroxyl groups excluding tert-OH is 1. The van der Waals surface area contributed by atoms with Crippen LogP contribution < -0.4 is 11.1 Å². The molecule has 1 heterocycles. The van der Waals surface area contributed by atoms with Crippen LogP contribution in [0.2, 0.25) is 0 Å². The van der Waals surface area contributed by atoms with E-state index in [2.05, 4.69) is 5.32 Å². The van der Waals surface area contributed by atoms with E-state index in [9.17, 15) is 19.2 Å². The molecule has 1 rings (SSSR count). The molecule has 0 bridgehead atoms. The number of nitrogens with two attached hydrogens (primary N) is 1. The van der Waals surface area contributed by atoms with Crippen molar-refractivity contribution in [1.82, 2.24) is 10.2 Å². The number of carbonyl (C=O) groups excluding carboxylic acids is 3. The van der Waals surface area contributed by atoms with Gasteiger partial charge in [-0.1, -0.05) is 0 Å². The number of nitrogens with one attached hydrogen (secondary N) is 1. The molecule has 1 fully saturated rings. The van der Waals surface area contributed by atoms with E-state index in [0.717, 1.165) is 16.7 Å². The highest BCUT2D eigenvalue weighted by atomic mass is 32.2. The molecule has 1 saturated heterocycles. The topological polar surface area (TPSA) is 150 Å². The second kappa shape index (κ2) is 8.71. The third kappa shape index (κ3) is 5.28. The second-order valence-electron chi connectivity index (χ2n) is 4.68. The van der Waals surface area contributed by atoms with Gasteiger partial charge < -0.3 is 21.3 Å². The number of aliphatic carboxylic acids is 1. The van der Waals surface area contributed by atoms with E-state index in [1.807, 2.05) is 0 Å². The van der Waals surface area contributed by atoms with Crippen LogP contribution in [-0.4, -0.2) is 75.5 Å². The van der Waals surface area contributed by atoms with Crippen LogP contribution in [0.4, 0.5) is 0 Å². The average Bonchev–Trinajstić information content (AvgIpc) is 2.74. The minimum atomic E-state index is -1.17. The Morgan fingerprint density at radius 2 is 2.14 bits per heavy atom. The smallest absolute Gasteiger partial charge is 0.321 e. The zero-order valence-corrected chi connectivity index (χ0v) is 12.7. The SMILES string of the molecule is NC(CSC1CC(=O)N(CCC(=O)NCCO)C1=O)C(=O)O. The highest BCUT2D eigenvalue weighted by Gasteiger charge is 2.39. The molecule has 5 N–H and O–H groups in total. The zero-order chi connectivity index (χ0) is 16.7. The molecular weight excluding hydrogens is 314 g/mol. The number of hydrogen-bond acceptors (Lipinski definition) is 7. The lowest BCUT2D eigenvalue weighted by molar-refractivity contribution is -0.139. The lowest BCUT2D eigenvalue weighted by Gasteiger charge is -2.15. The maximum Gasteiger partial charge on any atom is 0.321 e. The van der Waals surface area contributed by atoms with E-state index < -0.39 is 23.2 Å². The van der Waals surface area contributed by atoms with Crippen molar-refractivity contribution in [1.29, 1.82) is 0 Å². The number of nitrogens with zero attached hydrogens (tertiary/aromatic N) is 1. The van der Waals surface area contributed by atoms with Gasteiger partial charge in [0.2, 0.25) is 17.7 Å². The summed E-state index contributed by atoms with van der Waals surface area (Å²) in [6, 6.07) is -1.09. The fraction of sp³-hybridized carbons (Fsp3) is 0.667. The summed E-state index contributed by atoms with van der Waals surface area (Å²) in [6.07, 6.45) is -0.0579. The van der Waals surface area contributed by atoms with Gasteiger partial charge in [0.1, 0.15) is 6.04 Å². The molecule has 1 aliphatic heterocycles. The molecule has 0 aromatic rings. The van der Waals surface area contributed by atoms with Crippen LogP contribution in [0.25, 0.3) is 0 Å². The van der Waals surface area contributed by atoms with E-state index in [4.69, 9.17) is 15.9 Å². The molecule has 0 aromatic heterocycles. The molecule has 0 aromatic carbocycles. The highest BCUT2D eigenvalue weighted by Crippen LogP contribution is 2.25. The lowest BCUT2D eigenvalue weighted by atomic mass is 10.3. The number of likely N-dealkylation sites (tertiary alicyclic amines) is 1. The minimum absolute atomic E-state index is 0.0197. The number of aliphatic hydroxyl groups is 1. The van der Waals surface area contributed by atoms with Gasteiger partial charge in [0.25, 0.3) is 0 Å². The predicted octanol–water partition coefficient (Wildman–Crippen LogP) is -2.24. The van der Waals surface area contributed by atoms with Crippen LogP contribution in [0, 0.1) is 0 Å². The number of hydrogen-bond donors (Lipinski definition) is 4. The van der Waals surface area contributed by atoms with Crippen molar-refractivity contribution in [3.8, 4) is 0 Å². The summed E-state index contributed by atoms with van der Waals surface area (Å²) in [5, 5.41) is 19.0. The lowest BCUT2D eigenvalue weighted by Crippen LogP contribution is -2.37. The zero-order valence-electron chi connectivity index (χ0n) is 11.9. The number of amides is 3. The Morgan fingerprint density at radius 3 is 2.73 bits per heavy atom. The first-order chi connectivity index (χ1) is 10.4. The van der Waals surface area contributed by atoms with E-state index >= 15 is 0 Å². The quantitative estimate of drug-likeness (QED) is 0.346. The molecule has 124 valence electrons. The van der Waals surface area contributed by atoms with Gasteiger partial charge in [0, 0.05) is 31.7 Å². The molecule has 0 spiro atoms. The third-order valence-corrected chi connectivity index (χ3v) is 4.32. The van der Waals surface area contributed by atoms with Crippen molar-refractivity contribution in [2.45, 2.75) is 24.1 Å². The summed E-state index contributed by atoms with van der Waals surface area (Å²) in [5.41, 5.74) is 5.35. The van der Waals surface area contributed by atoms with Crippen molar-refractivity contribution >= 4 is 35.5 Å². The van der Waals surface area contributed by atoms with Crippen molar-refractivity contribution in [3.63, 3.8) is 0 Å². The maximum absolute atomic E-state index is 12.0. The Labute approximate surface area is 131 Å². The number of thioether (sulfide) groups is 1. The summed E-state index contributed by atoms with van der Waals surface area (Å²) in [6.45, 7) is -0.0981. The van der Waals surface area contributed by atoms with Crippen molar-refractivity contribution in [3.05, 3.63) is 0 Å². The average molecular weight is 333 g/mol. The Hall–Kier alpha value is -1.65. The Morgan fingerprint density at radius 1 is 1.45 bits per heavy atom. The van der Waals surface area contributed by atoms with Gasteiger partial charge in [0.15, 0.2) is 0 Å². The molecule has 0 aliphatic carbocycles. The standard InChI is InChI=1S/C12H19N3O6S/c13-7(12(20)21)6-22-8-5-10(18)15(11(8)19)3-1-9(17)14-2-4-16/h7-8,16H,1-6,13H2,(H,14,17)(H,20,21). The molecule has 3 amide bonds. The molecule has 2 atom stereocenters. The van der Waals surface area contributed by atoms with Gasteiger partial charge in [-0.2, -0.15) is 0 Å². The molecule has 9 nitrogen and oxygen atoms in total. The number of carboxylic acids is 1. The Kier molecular flexibility index (Phi) is 7.28. The van der Waals surface area contributed by atoms with Crippen LogP contribution in [0.3, 0.4) is 0 Å². The van der Waals surface area contributed by atoms with E-state index in [-0.39, 0.29) is 50.1 Å². The minimum Gasteiger partial charge on any atom is -0.480 e. The van der Waals surface area contributed by atoms with Crippen molar-refractivity contribution < 1.29 is 29.4 Å². The summed E-state index contributed by atoms with van der Waals surface area (Å²) in [4.78, 5) is 46.8. The fourth-order valence-electron chi connectivity index (χ4n) is 1.81. The van der Waals surface area contributed by atoms with E-state index in [1.165, 1.54) is 0 Å². The normalized spacial score (nSPS) is 19.4. The highest BCUT2D eigenvalue weighted by molar-refractivity contribution is 8.00. The Balaban J connectivity index is 2.43. The van der Waals surface area contributed by atoms with E-state index in [1.54, 1.807) is 0 Å². The van der Waals surface area contributed by atoms with Crippen LogP contribution in [0.15, 0.2) is 0 Å². The molecule has 0 radical (unpaired) electrons. The number of imide groups is 1. The van der Waals surface area contributed by atoms with Gasteiger partial charge >= 0.3 is 5.97 Å². The van der Waals surface area contributed by atoms with Gasteiger partial charge in [-0.25, -0.2) is 0 Å². The molecule has 0 saturated carbocycles. The third-order valence-electron chi connectivity index (χ3n) is 2.99. The number of carbonyl (C=O) groups is 4. The molecule has 1 aliphatic rings. The monoisotopic (exact) mass is 333 g/mol. The largest absolute Gasteiger partial charge is 0.480 e. The van der Waals surface area contributed by atoms with Gasteiger partial charge in [-0.15, -0.1) is 11.8 Å². The fourth-order valence-corrected chi connectivity index (χ4v) is 2.92. The maximum atomic E-state index is 12.0. The first-order valence-corrected chi connectivity index (χ1v) is 7.73. The summed E-state index contributed by atoms with van der Waals surface area (Å²) in [5.74, 6) is -2.31. The van der Waals surface area contributed by atoms with Crippen LogP contribution >= 0.6 is 11.8 Å². The first kappa shape index (κ1) is 18.4. The summed E-state index contributed by atoms with van der Waals surface area (Å²) < 4.78 is 0. The van der Waals surface area contributed by atoms with Crippen molar-refractivity contribution in [2.75, 3.05) is 25.4 Å². The Bertz CT molecular complexity index is 458. The molecular formula is C12H19N3O6S. The van der Waals surface area contributed by atoms with Gasteiger partial charge in [-0.05, 0) is 0 Å². The second-order valence-corrected chi connectivity index (χ2v) is 5.91. The molecule has 10 heteroatoms. The van der Waals surface area contributed by atoms with Gasteiger partial charge in [-0.3, -0.25) is 24.1 Å². The van der Waals surface area contributed by atoms with Crippen LogP contribution in [-0.2, 0) is 19.2 Å². The van der Waals surface area contributed by atoms with Crippen molar-refractivity contribution in [2.24, 2.45) is 5.73 Å². The van der Waals surface area contributed by atoms with Crippen LogP contribution in [0.1, 0.15) is 12.8 Å². The van der Waals surface area contributed by atoms with E-state index in [0.29, 0.717) is 0 Å². The number of carboxylic acid groups (broad SMARTS) is 1. The van der Waals surface area contributed by atoms with Crippen LogP contribution in [0.5, 0.6) is 0 Å².